The largest absolute Gasteiger partial charge is 0.261 e. The van der Waals surface area contributed by atoms with E-state index in [4.69, 9.17) is 0 Å². The lowest BCUT2D eigenvalue weighted by molar-refractivity contribution is -0.964. The van der Waals surface area contributed by atoms with Crippen LogP contribution in [-0.4, -0.2) is 14.9 Å². The summed E-state index contributed by atoms with van der Waals surface area (Å²) in [6.45, 7) is 0.533. The lowest BCUT2D eigenvalue weighted by Gasteiger charge is -1.98. The molecule has 0 saturated heterocycles. The fourth-order valence-corrected chi connectivity index (χ4v) is 1.59. The number of hydrogen-bond donors (Lipinski definition) is 1. The van der Waals surface area contributed by atoms with E-state index in [1.165, 1.54) is 0 Å². The molecule has 0 radical (unpaired) electrons. The van der Waals surface area contributed by atoms with Crippen molar-refractivity contribution >= 4 is 15.9 Å². The molecular weight excluding hydrogens is 246 g/mol. The normalized spacial score (nSPS) is 10.4. The molecule has 2 heterocycles. The summed E-state index contributed by atoms with van der Waals surface area (Å²) in [5, 5.41) is 9.41. The van der Waals surface area contributed by atoms with Crippen LogP contribution in [0, 0.1) is 0 Å². The van der Waals surface area contributed by atoms with Crippen LogP contribution in [0.25, 0.3) is 0 Å². The van der Waals surface area contributed by atoms with E-state index in [0.717, 1.165) is 15.1 Å². The Morgan fingerprint density at radius 2 is 2.29 bits per heavy atom. The molecule has 0 atom stereocenters. The SMILES string of the molecule is O[n+]1ccc(Br)n1Cc1ccccn1. The third-order valence-electron chi connectivity index (χ3n) is 1.88. The van der Waals surface area contributed by atoms with Crippen LogP contribution in [-0.2, 0) is 6.54 Å². The molecule has 5 heteroatoms. The Balaban J connectivity index is 2.27. The third-order valence-corrected chi connectivity index (χ3v) is 2.55. The van der Waals surface area contributed by atoms with Crippen molar-refractivity contribution in [3.05, 3.63) is 47.0 Å². The van der Waals surface area contributed by atoms with Crippen molar-refractivity contribution in [2.45, 2.75) is 6.54 Å². The van der Waals surface area contributed by atoms with E-state index in [1.807, 2.05) is 18.2 Å². The molecule has 0 aromatic carbocycles. The van der Waals surface area contributed by atoms with Crippen LogP contribution < -0.4 is 4.85 Å². The molecule has 2 aromatic heterocycles. The summed E-state index contributed by atoms with van der Waals surface area (Å²) < 4.78 is 2.47. The topological polar surface area (TPSA) is 41.9 Å². The van der Waals surface area contributed by atoms with Crippen molar-refractivity contribution in [2.24, 2.45) is 0 Å². The van der Waals surface area contributed by atoms with Gasteiger partial charge in [0, 0.05) is 12.3 Å². The predicted molar refractivity (Wildman–Crippen MR) is 52.9 cm³/mol. The van der Waals surface area contributed by atoms with E-state index in [1.54, 1.807) is 23.1 Å². The molecule has 2 aromatic rings. The first-order valence-corrected chi connectivity index (χ1v) is 4.93. The molecule has 0 aliphatic heterocycles. The minimum atomic E-state index is 0.533. The molecule has 0 aliphatic rings. The van der Waals surface area contributed by atoms with Gasteiger partial charge in [-0.15, -0.1) is 0 Å². The van der Waals surface area contributed by atoms with Crippen LogP contribution in [0.5, 0.6) is 0 Å². The minimum absolute atomic E-state index is 0.533. The third kappa shape index (κ3) is 1.77. The highest BCUT2D eigenvalue weighted by Gasteiger charge is 2.12. The zero-order valence-corrected chi connectivity index (χ0v) is 8.92. The van der Waals surface area contributed by atoms with Gasteiger partial charge in [-0.05, 0) is 28.1 Å². The van der Waals surface area contributed by atoms with Crippen molar-refractivity contribution in [3.8, 4) is 0 Å². The molecule has 2 rings (SSSR count). The second-order valence-corrected chi connectivity index (χ2v) is 3.65. The molecule has 4 nitrogen and oxygen atoms in total. The first-order valence-electron chi connectivity index (χ1n) is 4.13. The van der Waals surface area contributed by atoms with Crippen LogP contribution >= 0.6 is 15.9 Å². The lowest BCUT2D eigenvalue weighted by Crippen LogP contribution is -2.40. The van der Waals surface area contributed by atoms with Crippen LogP contribution in [0.2, 0.25) is 0 Å². The maximum absolute atomic E-state index is 9.41. The molecular formula is C9H9BrN3O+. The molecule has 0 fully saturated rings. The average Bonchev–Trinajstić information content (AvgIpc) is 2.51. The lowest BCUT2D eigenvalue weighted by atomic mass is 10.3. The fraction of sp³-hybridized carbons (Fsp3) is 0.111. The van der Waals surface area contributed by atoms with Gasteiger partial charge in [0.1, 0.15) is 6.54 Å². The zero-order valence-electron chi connectivity index (χ0n) is 7.34. The van der Waals surface area contributed by atoms with Crippen molar-refractivity contribution in [1.82, 2.24) is 9.67 Å². The van der Waals surface area contributed by atoms with E-state index < -0.39 is 0 Å². The van der Waals surface area contributed by atoms with Gasteiger partial charge in [-0.1, -0.05) is 10.7 Å². The predicted octanol–water partition coefficient (Wildman–Crippen LogP) is 1.22. The molecule has 0 spiro atoms. The van der Waals surface area contributed by atoms with Crippen LogP contribution in [0.1, 0.15) is 5.69 Å². The second-order valence-electron chi connectivity index (χ2n) is 2.84. The Morgan fingerprint density at radius 3 is 2.86 bits per heavy atom. The second kappa shape index (κ2) is 3.79. The number of aromatic nitrogens is 3. The zero-order chi connectivity index (χ0) is 9.97. The number of pyridine rings is 1. The van der Waals surface area contributed by atoms with Crippen LogP contribution in [0.15, 0.2) is 41.3 Å². The summed E-state index contributed by atoms with van der Waals surface area (Å²) in [7, 11) is 0. The Labute approximate surface area is 89.5 Å². The summed E-state index contributed by atoms with van der Waals surface area (Å²) in [6.07, 6.45) is 3.29. The van der Waals surface area contributed by atoms with Crippen molar-refractivity contribution in [1.29, 1.82) is 0 Å². The molecule has 0 unspecified atom stereocenters. The van der Waals surface area contributed by atoms with Gasteiger partial charge < -0.3 is 0 Å². The maximum Gasteiger partial charge on any atom is 0.254 e. The van der Waals surface area contributed by atoms with Crippen LogP contribution in [0.3, 0.4) is 0 Å². The van der Waals surface area contributed by atoms with Gasteiger partial charge in [-0.3, -0.25) is 10.2 Å². The molecule has 0 amide bonds. The molecule has 1 N–H and O–H groups in total. The molecule has 14 heavy (non-hydrogen) atoms. The first-order chi connectivity index (χ1) is 6.77. The Hall–Kier alpha value is -1.36. The quantitative estimate of drug-likeness (QED) is 0.647. The number of halogens is 1. The monoisotopic (exact) mass is 254 g/mol. The molecule has 0 saturated carbocycles. The average molecular weight is 255 g/mol. The maximum atomic E-state index is 9.41. The van der Waals surface area contributed by atoms with Crippen molar-refractivity contribution in [3.63, 3.8) is 0 Å². The first kappa shape index (κ1) is 9.21. The van der Waals surface area contributed by atoms with Gasteiger partial charge in [-0.2, -0.15) is 0 Å². The Kier molecular flexibility index (Phi) is 2.49. The number of hydrogen-bond acceptors (Lipinski definition) is 2. The molecule has 0 aliphatic carbocycles. The molecule has 72 valence electrons. The smallest absolute Gasteiger partial charge is 0.254 e. The van der Waals surface area contributed by atoms with E-state index >= 15 is 0 Å². The fourth-order valence-electron chi connectivity index (χ4n) is 1.19. The van der Waals surface area contributed by atoms with Gasteiger partial charge in [0.25, 0.3) is 6.20 Å². The summed E-state index contributed by atoms with van der Waals surface area (Å²) in [5.74, 6) is 0. The molecule has 0 bridgehead atoms. The summed E-state index contributed by atoms with van der Waals surface area (Å²) in [6, 6.07) is 7.46. The van der Waals surface area contributed by atoms with E-state index in [0.29, 0.717) is 6.54 Å². The highest BCUT2D eigenvalue weighted by atomic mass is 79.9. The number of nitrogens with zero attached hydrogens (tertiary/aromatic N) is 3. The highest BCUT2D eigenvalue weighted by molar-refractivity contribution is 9.10. The van der Waals surface area contributed by atoms with Gasteiger partial charge >= 0.3 is 0 Å². The standard InChI is InChI=1S/C9H9BrN3O/c10-9-4-6-13(14)12(9)7-8-3-1-2-5-11-8/h1-6,14H,7H2/q+1. The van der Waals surface area contributed by atoms with Gasteiger partial charge in [-0.25, -0.2) is 0 Å². The van der Waals surface area contributed by atoms with Gasteiger partial charge in [0.15, 0.2) is 4.60 Å². The summed E-state index contributed by atoms with van der Waals surface area (Å²) >= 11 is 3.33. The van der Waals surface area contributed by atoms with Crippen LogP contribution in [0.4, 0.5) is 0 Å². The van der Waals surface area contributed by atoms with E-state index in [-0.39, 0.29) is 0 Å². The minimum Gasteiger partial charge on any atom is -0.261 e. The summed E-state index contributed by atoms with van der Waals surface area (Å²) in [5.41, 5.74) is 0.896. The Morgan fingerprint density at radius 1 is 1.43 bits per heavy atom. The Bertz CT molecular complexity index is 407. The van der Waals surface area contributed by atoms with Crippen molar-refractivity contribution < 1.29 is 10.1 Å². The number of rotatable bonds is 2. The van der Waals surface area contributed by atoms with Gasteiger partial charge in [0.05, 0.1) is 10.5 Å². The van der Waals surface area contributed by atoms with Gasteiger partial charge in [0.2, 0.25) is 0 Å². The van der Waals surface area contributed by atoms with E-state index in [2.05, 4.69) is 20.9 Å². The highest BCUT2D eigenvalue weighted by Crippen LogP contribution is 2.08. The summed E-state index contributed by atoms with van der Waals surface area (Å²) in [4.78, 5) is 5.20. The van der Waals surface area contributed by atoms with Crippen molar-refractivity contribution in [2.75, 3.05) is 0 Å². The van der Waals surface area contributed by atoms with E-state index in [9.17, 15) is 5.21 Å².